The molecule has 3 aromatic rings. The number of thiophene rings is 1. The molecule has 0 spiro atoms. The Kier molecular flexibility index (Phi) is 6.75. The number of urea groups is 1. The van der Waals surface area contributed by atoms with E-state index in [-0.39, 0.29) is 11.8 Å². The SMILES string of the molecule is CC(C)C(NC(=O)Nc1ccccc1)C(=O)Nc1ccc(N2CCc3sccc3C2)cc1. The van der Waals surface area contributed by atoms with Crippen LogP contribution in [0.15, 0.2) is 66.0 Å². The zero-order valence-corrected chi connectivity index (χ0v) is 19.1. The van der Waals surface area contributed by atoms with Crippen molar-refractivity contribution in [1.82, 2.24) is 5.32 Å². The van der Waals surface area contributed by atoms with Gasteiger partial charge in [0.05, 0.1) is 0 Å². The van der Waals surface area contributed by atoms with Crippen molar-refractivity contribution in [3.8, 4) is 0 Å². The van der Waals surface area contributed by atoms with Crippen LogP contribution in [0.2, 0.25) is 0 Å². The third-order valence-corrected chi connectivity index (χ3v) is 6.60. The monoisotopic (exact) mass is 448 g/mol. The quantitative estimate of drug-likeness (QED) is 0.491. The van der Waals surface area contributed by atoms with E-state index < -0.39 is 12.1 Å². The molecule has 6 nitrogen and oxygen atoms in total. The number of rotatable bonds is 6. The summed E-state index contributed by atoms with van der Waals surface area (Å²) in [7, 11) is 0. The minimum absolute atomic E-state index is 0.0658. The molecule has 3 amide bonds. The van der Waals surface area contributed by atoms with Crippen molar-refractivity contribution < 1.29 is 9.59 Å². The van der Waals surface area contributed by atoms with Gasteiger partial charge in [0.15, 0.2) is 0 Å². The zero-order chi connectivity index (χ0) is 22.5. The molecule has 166 valence electrons. The minimum Gasteiger partial charge on any atom is -0.367 e. The van der Waals surface area contributed by atoms with Crippen LogP contribution in [0.5, 0.6) is 0 Å². The zero-order valence-electron chi connectivity index (χ0n) is 18.3. The summed E-state index contributed by atoms with van der Waals surface area (Å²) in [6.45, 7) is 5.73. The number of carbonyl (C=O) groups excluding carboxylic acids is 2. The molecule has 2 aromatic carbocycles. The van der Waals surface area contributed by atoms with Gasteiger partial charge < -0.3 is 20.9 Å². The molecule has 1 unspecified atom stereocenters. The minimum atomic E-state index is -0.655. The molecule has 0 fully saturated rings. The molecule has 7 heteroatoms. The molecule has 0 radical (unpaired) electrons. The lowest BCUT2D eigenvalue weighted by Crippen LogP contribution is -2.48. The van der Waals surface area contributed by atoms with Crippen LogP contribution in [0.4, 0.5) is 21.9 Å². The highest BCUT2D eigenvalue weighted by molar-refractivity contribution is 7.10. The first-order valence-corrected chi connectivity index (χ1v) is 11.7. The van der Waals surface area contributed by atoms with Gasteiger partial charge in [0.1, 0.15) is 6.04 Å². The van der Waals surface area contributed by atoms with Crippen LogP contribution in [0.3, 0.4) is 0 Å². The van der Waals surface area contributed by atoms with Crippen molar-refractivity contribution >= 4 is 40.3 Å². The van der Waals surface area contributed by atoms with Gasteiger partial charge in [-0.15, -0.1) is 11.3 Å². The largest absolute Gasteiger partial charge is 0.367 e. The summed E-state index contributed by atoms with van der Waals surface area (Å²) in [4.78, 5) is 29.1. The normalized spacial score (nSPS) is 13.9. The third kappa shape index (κ3) is 5.29. The first-order chi connectivity index (χ1) is 15.5. The molecule has 0 saturated heterocycles. The van der Waals surface area contributed by atoms with Gasteiger partial charge in [-0.05, 0) is 65.7 Å². The van der Waals surface area contributed by atoms with Gasteiger partial charge >= 0.3 is 6.03 Å². The number of amides is 3. The van der Waals surface area contributed by atoms with Crippen LogP contribution < -0.4 is 20.9 Å². The van der Waals surface area contributed by atoms with Gasteiger partial charge in [-0.3, -0.25) is 4.79 Å². The van der Waals surface area contributed by atoms with Crippen molar-refractivity contribution in [2.45, 2.75) is 32.9 Å². The maximum atomic E-state index is 12.9. The molecule has 1 atom stereocenters. The van der Waals surface area contributed by atoms with Crippen LogP contribution in [0.1, 0.15) is 24.3 Å². The molecular formula is C25H28N4O2S. The second-order valence-corrected chi connectivity index (χ2v) is 9.26. The predicted octanol–water partition coefficient (Wildman–Crippen LogP) is 5.10. The van der Waals surface area contributed by atoms with Crippen molar-refractivity contribution in [2.75, 3.05) is 22.1 Å². The highest BCUT2D eigenvalue weighted by Gasteiger charge is 2.24. The van der Waals surface area contributed by atoms with Gasteiger partial charge in [-0.1, -0.05) is 32.0 Å². The molecule has 0 aliphatic carbocycles. The fraction of sp³-hybridized carbons (Fsp3) is 0.280. The number of hydrogen-bond acceptors (Lipinski definition) is 4. The van der Waals surface area contributed by atoms with E-state index in [1.165, 1.54) is 10.4 Å². The first-order valence-electron chi connectivity index (χ1n) is 10.8. The van der Waals surface area contributed by atoms with E-state index >= 15 is 0 Å². The molecule has 4 rings (SSSR count). The van der Waals surface area contributed by atoms with Gasteiger partial charge in [-0.25, -0.2) is 4.79 Å². The molecular weight excluding hydrogens is 420 g/mol. The van der Waals surface area contributed by atoms with E-state index in [4.69, 9.17) is 0 Å². The van der Waals surface area contributed by atoms with Crippen LogP contribution in [-0.4, -0.2) is 24.5 Å². The Hall–Kier alpha value is -3.32. The second-order valence-electron chi connectivity index (χ2n) is 8.26. The number of benzene rings is 2. The Labute approximate surface area is 192 Å². The van der Waals surface area contributed by atoms with Crippen LogP contribution in [-0.2, 0) is 17.8 Å². The lowest BCUT2D eigenvalue weighted by atomic mass is 10.0. The highest BCUT2D eigenvalue weighted by atomic mass is 32.1. The number of carbonyl (C=O) groups is 2. The molecule has 0 saturated carbocycles. The average Bonchev–Trinajstić information content (AvgIpc) is 3.26. The summed E-state index contributed by atoms with van der Waals surface area (Å²) < 4.78 is 0. The second kappa shape index (κ2) is 9.87. The number of nitrogens with zero attached hydrogens (tertiary/aromatic N) is 1. The van der Waals surface area contributed by atoms with Crippen molar-refractivity contribution in [3.63, 3.8) is 0 Å². The fourth-order valence-electron chi connectivity index (χ4n) is 3.81. The van der Waals surface area contributed by atoms with Crippen molar-refractivity contribution in [1.29, 1.82) is 0 Å². The standard InChI is InChI=1S/C25H28N4O2S/c1-17(2)23(28-25(31)27-19-6-4-3-5-7-19)24(30)26-20-8-10-21(11-9-20)29-14-12-22-18(16-29)13-15-32-22/h3-11,13,15,17,23H,12,14,16H2,1-2H3,(H,26,30)(H2,27,28,31). The van der Waals surface area contributed by atoms with Crippen LogP contribution in [0, 0.1) is 5.92 Å². The smallest absolute Gasteiger partial charge is 0.319 e. The van der Waals surface area contributed by atoms with E-state index in [9.17, 15) is 9.59 Å². The predicted molar refractivity (Wildman–Crippen MR) is 131 cm³/mol. The number of para-hydroxylation sites is 1. The van der Waals surface area contributed by atoms with Crippen LogP contribution >= 0.6 is 11.3 Å². The van der Waals surface area contributed by atoms with E-state index in [1.807, 2.05) is 67.6 Å². The first kappa shape index (κ1) is 21.9. The Balaban J connectivity index is 1.35. The maximum Gasteiger partial charge on any atom is 0.319 e. The Morgan fingerprint density at radius 2 is 1.66 bits per heavy atom. The van der Waals surface area contributed by atoms with Crippen molar-refractivity contribution in [2.24, 2.45) is 5.92 Å². The Morgan fingerprint density at radius 1 is 0.938 bits per heavy atom. The third-order valence-electron chi connectivity index (χ3n) is 5.58. The van der Waals surface area contributed by atoms with Gasteiger partial charge in [-0.2, -0.15) is 0 Å². The molecule has 32 heavy (non-hydrogen) atoms. The Bertz CT molecular complexity index is 1060. The van der Waals surface area contributed by atoms with E-state index in [2.05, 4.69) is 32.3 Å². The summed E-state index contributed by atoms with van der Waals surface area (Å²) in [5, 5.41) is 10.6. The maximum absolute atomic E-state index is 12.9. The lowest BCUT2D eigenvalue weighted by molar-refractivity contribution is -0.118. The van der Waals surface area contributed by atoms with Crippen LogP contribution in [0.25, 0.3) is 0 Å². The summed E-state index contributed by atoms with van der Waals surface area (Å²) in [5.74, 6) is -0.305. The summed E-state index contributed by atoms with van der Waals surface area (Å²) in [5.41, 5.74) is 3.93. The lowest BCUT2D eigenvalue weighted by Gasteiger charge is -2.29. The summed E-state index contributed by atoms with van der Waals surface area (Å²) in [6.07, 6.45) is 1.07. The number of hydrogen-bond donors (Lipinski definition) is 3. The molecule has 1 aliphatic rings. The van der Waals surface area contributed by atoms with Gasteiger partial charge in [0.2, 0.25) is 5.91 Å². The molecule has 2 heterocycles. The van der Waals surface area contributed by atoms with Crippen molar-refractivity contribution in [3.05, 3.63) is 76.5 Å². The van der Waals surface area contributed by atoms with E-state index in [0.717, 1.165) is 25.2 Å². The average molecular weight is 449 g/mol. The topological polar surface area (TPSA) is 73.5 Å². The Morgan fingerprint density at radius 3 is 2.38 bits per heavy atom. The number of fused-ring (bicyclic) bond motifs is 1. The summed E-state index contributed by atoms with van der Waals surface area (Å²) in [6, 6.07) is 18.2. The number of anilines is 3. The van der Waals surface area contributed by atoms with E-state index in [1.54, 1.807) is 12.1 Å². The number of nitrogens with one attached hydrogen (secondary N) is 3. The van der Waals surface area contributed by atoms with Gasteiger partial charge in [0.25, 0.3) is 0 Å². The van der Waals surface area contributed by atoms with Gasteiger partial charge in [0, 0.05) is 35.0 Å². The molecule has 1 aliphatic heterocycles. The highest BCUT2D eigenvalue weighted by Crippen LogP contribution is 2.28. The van der Waals surface area contributed by atoms with E-state index in [0.29, 0.717) is 11.4 Å². The summed E-state index contributed by atoms with van der Waals surface area (Å²) >= 11 is 1.83. The molecule has 0 bridgehead atoms. The fourth-order valence-corrected chi connectivity index (χ4v) is 4.70. The molecule has 1 aromatic heterocycles. The molecule has 3 N–H and O–H groups in total.